The molecule has 0 bridgehead atoms. The second kappa shape index (κ2) is 44.7. The zero-order chi connectivity index (χ0) is 49.1. The molecule has 0 spiro atoms. The summed E-state index contributed by atoms with van der Waals surface area (Å²) in [5.74, 6) is -0.475. The summed E-state index contributed by atoms with van der Waals surface area (Å²) in [5, 5.41) is 50.4. The normalized spacial score (nSPS) is 21.4. The van der Waals surface area contributed by atoms with E-state index in [1.165, 1.54) is 167 Å². The Balaban J connectivity index is 2.29. The zero-order valence-corrected chi connectivity index (χ0v) is 43.6. The number of carbonyl (C=O) groups is 1. The molecule has 67 heavy (non-hydrogen) atoms. The van der Waals surface area contributed by atoms with E-state index in [2.05, 4.69) is 38.2 Å². The maximum absolute atomic E-state index is 12.9. The summed E-state index contributed by atoms with van der Waals surface area (Å²) in [6.07, 6.45) is 41.1. The summed E-state index contributed by atoms with van der Waals surface area (Å²) in [4.78, 5) is 23.3. The highest BCUT2D eigenvalue weighted by atomic mass is 31.2. The van der Waals surface area contributed by atoms with E-state index < -0.39 is 63.1 Å². The Hall–Kier alpha value is -1.18. The maximum atomic E-state index is 12.9. The van der Waals surface area contributed by atoms with Crippen LogP contribution in [0.4, 0.5) is 0 Å². The van der Waals surface area contributed by atoms with Crippen LogP contribution in [0.3, 0.4) is 0 Å². The third kappa shape index (κ3) is 36.4. The van der Waals surface area contributed by atoms with Crippen molar-refractivity contribution in [1.29, 1.82) is 0 Å². The lowest BCUT2D eigenvalue weighted by Gasteiger charge is -2.41. The lowest BCUT2D eigenvalue weighted by molar-refractivity contribution is -0.220. The zero-order valence-electron chi connectivity index (χ0n) is 42.7. The second-order valence-electron chi connectivity index (χ2n) is 19.4. The van der Waals surface area contributed by atoms with Gasteiger partial charge in [-0.25, -0.2) is 4.57 Å². The highest BCUT2D eigenvalue weighted by Crippen LogP contribution is 2.47. The first kappa shape index (κ1) is 63.8. The van der Waals surface area contributed by atoms with Gasteiger partial charge in [-0.05, 0) is 44.9 Å². The Morgan fingerprint density at radius 3 is 1.27 bits per heavy atom. The second-order valence-corrected chi connectivity index (χ2v) is 20.8. The van der Waals surface area contributed by atoms with E-state index in [4.69, 9.17) is 18.5 Å². The number of unbranched alkanes of at least 4 members (excludes halogenated alkanes) is 32. The number of allylic oxidation sites excluding steroid dienone is 4. The van der Waals surface area contributed by atoms with Crippen LogP contribution in [0.1, 0.15) is 251 Å². The third-order valence-corrected chi connectivity index (χ3v) is 14.1. The lowest BCUT2D eigenvalue weighted by atomic mass is 9.85. The molecule has 1 aliphatic rings. The minimum Gasteiger partial charge on any atom is -0.457 e. The predicted molar refractivity (Wildman–Crippen MR) is 272 cm³/mol. The smallest absolute Gasteiger partial charge is 0.457 e. The molecule has 1 fully saturated rings. The fourth-order valence-corrected chi connectivity index (χ4v) is 9.66. The van der Waals surface area contributed by atoms with E-state index >= 15 is 0 Å². The molecule has 0 aliphatic heterocycles. The number of phosphoric acid groups is 1. The van der Waals surface area contributed by atoms with Gasteiger partial charge in [-0.15, -0.1) is 0 Å². The Labute approximate surface area is 409 Å². The Morgan fingerprint density at radius 1 is 0.478 bits per heavy atom. The number of phosphoric ester groups is 1. The van der Waals surface area contributed by atoms with Crippen LogP contribution in [-0.4, -0.2) is 98.9 Å². The molecule has 6 atom stereocenters. The molecule has 1 aliphatic carbocycles. The maximum Gasteiger partial charge on any atom is 0.472 e. The van der Waals surface area contributed by atoms with Crippen molar-refractivity contribution in [3.8, 4) is 0 Å². The quantitative estimate of drug-likeness (QED) is 0.0147. The van der Waals surface area contributed by atoms with E-state index in [-0.39, 0.29) is 13.0 Å². The number of esters is 1. The number of hydrogen-bond donors (Lipinski definition) is 6. The Kier molecular flexibility index (Phi) is 42.6. The third-order valence-electron chi connectivity index (χ3n) is 13.1. The van der Waals surface area contributed by atoms with Gasteiger partial charge < -0.3 is 39.9 Å². The Bertz CT molecular complexity index is 1200. The van der Waals surface area contributed by atoms with Crippen molar-refractivity contribution < 1.29 is 58.3 Å². The van der Waals surface area contributed by atoms with E-state index in [0.29, 0.717) is 13.0 Å². The van der Waals surface area contributed by atoms with Crippen molar-refractivity contribution in [2.45, 2.75) is 294 Å². The minimum absolute atomic E-state index is 0.0795. The molecule has 0 heterocycles. The van der Waals surface area contributed by atoms with Crippen LogP contribution in [-0.2, 0) is 27.9 Å². The van der Waals surface area contributed by atoms with Crippen LogP contribution in [0, 0.1) is 0 Å². The first-order valence-corrected chi connectivity index (χ1v) is 29.2. The topological polar surface area (TPSA) is 192 Å². The van der Waals surface area contributed by atoms with Gasteiger partial charge in [0.05, 0.1) is 13.2 Å². The van der Waals surface area contributed by atoms with Crippen LogP contribution in [0.25, 0.3) is 0 Å². The fraction of sp³-hybridized carbons (Fsp3) is 0.907. The summed E-state index contributed by atoms with van der Waals surface area (Å²) in [5.41, 5.74) is 0. The highest BCUT2D eigenvalue weighted by Gasteiger charge is 2.51. The molecule has 6 unspecified atom stereocenters. The Morgan fingerprint density at radius 2 is 0.836 bits per heavy atom. The summed E-state index contributed by atoms with van der Waals surface area (Å²) in [7, 11) is -5.02. The highest BCUT2D eigenvalue weighted by molar-refractivity contribution is 7.47. The van der Waals surface area contributed by atoms with Crippen molar-refractivity contribution in [3.05, 3.63) is 24.3 Å². The van der Waals surface area contributed by atoms with Gasteiger partial charge in [-0.3, -0.25) is 13.8 Å². The van der Waals surface area contributed by atoms with Gasteiger partial charge in [0, 0.05) is 13.0 Å². The van der Waals surface area contributed by atoms with Gasteiger partial charge in [-0.2, -0.15) is 0 Å². The van der Waals surface area contributed by atoms with Crippen LogP contribution < -0.4 is 0 Å². The van der Waals surface area contributed by atoms with Gasteiger partial charge >= 0.3 is 13.8 Å². The standard InChI is InChI=1S/C54H103O12P/c1-3-5-7-9-11-13-15-17-19-21-22-23-24-25-26-27-29-31-33-35-37-39-41-43-48(55)65-47(46-64-67(61,62)66-54-52(59)50(57)49(56)51(58)53(54)60)45-63-44-42-40-38-36-34-32-30-28-20-18-16-14-12-10-8-6-4-2/h14,16,20,28,47,49-54,56-60H,3-13,15,17-19,21-27,29-46H2,1-2H3,(H,61,62)/b16-14-,28-20-. The lowest BCUT2D eigenvalue weighted by Crippen LogP contribution is -2.64. The van der Waals surface area contributed by atoms with Crippen molar-refractivity contribution in [2.75, 3.05) is 19.8 Å². The van der Waals surface area contributed by atoms with Crippen LogP contribution in [0.5, 0.6) is 0 Å². The van der Waals surface area contributed by atoms with Crippen LogP contribution in [0.15, 0.2) is 24.3 Å². The van der Waals surface area contributed by atoms with Crippen molar-refractivity contribution in [2.24, 2.45) is 0 Å². The molecule has 396 valence electrons. The van der Waals surface area contributed by atoms with Gasteiger partial charge in [0.2, 0.25) is 0 Å². The van der Waals surface area contributed by atoms with Crippen molar-refractivity contribution >= 4 is 13.8 Å². The molecular weight excluding hydrogens is 872 g/mol. The first-order chi connectivity index (χ1) is 32.5. The number of rotatable bonds is 48. The largest absolute Gasteiger partial charge is 0.472 e. The molecule has 0 aromatic heterocycles. The van der Waals surface area contributed by atoms with Crippen molar-refractivity contribution in [1.82, 2.24) is 0 Å². The summed E-state index contributed by atoms with van der Waals surface area (Å²) < 4.78 is 34.3. The molecule has 12 nitrogen and oxygen atoms in total. The van der Waals surface area contributed by atoms with Gasteiger partial charge in [0.15, 0.2) is 0 Å². The van der Waals surface area contributed by atoms with E-state index in [1.807, 2.05) is 0 Å². The van der Waals surface area contributed by atoms with E-state index in [0.717, 1.165) is 57.8 Å². The van der Waals surface area contributed by atoms with Gasteiger partial charge in [0.25, 0.3) is 0 Å². The molecule has 0 radical (unpaired) electrons. The summed E-state index contributed by atoms with van der Waals surface area (Å²) in [6, 6.07) is 0. The monoisotopic (exact) mass is 975 g/mol. The molecular formula is C54H103O12P. The summed E-state index contributed by atoms with van der Waals surface area (Å²) >= 11 is 0. The average Bonchev–Trinajstić information content (AvgIpc) is 3.31. The molecule has 6 N–H and O–H groups in total. The number of aliphatic hydroxyl groups excluding tert-OH is 5. The number of aliphatic hydroxyl groups is 5. The van der Waals surface area contributed by atoms with E-state index in [9.17, 15) is 39.8 Å². The predicted octanol–water partition coefficient (Wildman–Crippen LogP) is 12.8. The first-order valence-electron chi connectivity index (χ1n) is 27.7. The molecule has 1 rings (SSSR count). The molecule has 0 saturated heterocycles. The van der Waals surface area contributed by atoms with Crippen LogP contribution in [0.2, 0.25) is 0 Å². The van der Waals surface area contributed by atoms with Crippen LogP contribution >= 0.6 is 7.82 Å². The molecule has 13 heteroatoms. The summed E-state index contributed by atoms with van der Waals surface area (Å²) in [6.45, 7) is 4.27. The number of ether oxygens (including phenoxy) is 2. The number of hydrogen-bond acceptors (Lipinski definition) is 11. The molecule has 0 aromatic carbocycles. The minimum atomic E-state index is -5.02. The SMILES string of the molecule is CCCCCC/C=C\C/C=C\CCCCCCCCOCC(COP(=O)(O)OC1C(O)C(O)C(O)C(O)C1O)OC(=O)CCCCCCCCCCCCCCCCCCCCCCCCC. The number of carbonyl (C=O) groups excluding carboxylic acids is 1. The molecule has 0 aromatic rings. The molecule has 0 amide bonds. The van der Waals surface area contributed by atoms with Crippen molar-refractivity contribution in [3.63, 3.8) is 0 Å². The fourth-order valence-electron chi connectivity index (χ4n) is 8.68. The van der Waals surface area contributed by atoms with Gasteiger partial charge in [0.1, 0.15) is 42.7 Å². The molecule has 1 saturated carbocycles. The van der Waals surface area contributed by atoms with Gasteiger partial charge in [-0.1, -0.05) is 224 Å². The average molecular weight is 975 g/mol. The van der Waals surface area contributed by atoms with E-state index in [1.54, 1.807) is 0 Å².